The van der Waals surface area contributed by atoms with Gasteiger partial charge in [0.05, 0.1) is 6.54 Å². The highest BCUT2D eigenvalue weighted by Crippen LogP contribution is 1.91. The minimum Gasteiger partial charge on any atom is -0.345 e. The second kappa shape index (κ2) is 8.81. The van der Waals surface area contributed by atoms with E-state index in [0.29, 0.717) is 6.54 Å². The van der Waals surface area contributed by atoms with Crippen molar-refractivity contribution in [2.24, 2.45) is 0 Å². The van der Waals surface area contributed by atoms with Crippen LogP contribution in [0, 0.1) is 0 Å². The number of carbonyl (C=O) groups excluding carboxylic acids is 1. The molecule has 0 saturated heterocycles. The van der Waals surface area contributed by atoms with Crippen LogP contribution in [0.25, 0.3) is 0 Å². The first-order valence-corrected chi connectivity index (χ1v) is 4.11. The molecule has 12 heavy (non-hydrogen) atoms. The van der Waals surface area contributed by atoms with Crippen molar-refractivity contribution in [3.63, 3.8) is 0 Å². The van der Waals surface area contributed by atoms with Gasteiger partial charge in [0.2, 0.25) is 5.91 Å². The van der Waals surface area contributed by atoms with E-state index in [-0.39, 0.29) is 18.3 Å². The van der Waals surface area contributed by atoms with Gasteiger partial charge in [-0.05, 0) is 13.5 Å². The second-order valence-electron chi connectivity index (χ2n) is 2.70. The molecule has 0 aromatic carbocycles. The van der Waals surface area contributed by atoms with Crippen LogP contribution in [0.5, 0.6) is 0 Å². The molecule has 3 nitrogen and oxygen atoms in total. The van der Waals surface area contributed by atoms with Crippen LogP contribution in [-0.4, -0.2) is 38.0 Å². The predicted octanol–water partition coefficient (Wildman–Crippen LogP) is 0.886. The Morgan fingerprint density at radius 1 is 1.50 bits per heavy atom. The highest BCUT2D eigenvalue weighted by molar-refractivity contribution is 5.85. The van der Waals surface area contributed by atoms with E-state index in [9.17, 15) is 4.79 Å². The Hall–Kier alpha value is -0.280. The summed E-state index contributed by atoms with van der Waals surface area (Å²) < 4.78 is 0. The smallest absolute Gasteiger partial charge is 0.236 e. The van der Waals surface area contributed by atoms with Crippen molar-refractivity contribution in [1.29, 1.82) is 0 Å². The number of nitrogens with zero attached hydrogens (tertiary/aromatic N) is 1. The summed E-state index contributed by atoms with van der Waals surface area (Å²) in [6.45, 7) is 3.44. The van der Waals surface area contributed by atoms with Crippen molar-refractivity contribution in [1.82, 2.24) is 10.2 Å². The Morgan fingerprint density at radius 2 is 2.08 bits per heavy atom. The third-order valence-corrected chi connectivity index (χ3v) is 1.60. The summed E-state index contributed by atoms with van der Waals surface area (Å²) in [7, 11) is 3.63. The number of amides is 1. The van der Waals surface area contributed by atoms with Gasteiger partial charge in [0.1, 0.15) is 0 Å². The van der Waals surface area contributed by atoms with Crippen molar-refractivity contribution in [2.45, 2.75) is 19.8 Å². The van der Waals surface area contributed by atoms with Crippen LogP contribution in [0.1, 0.15) is 19.8 Å². The van der Waals surface area contributed by atoms with Crippen LogP contribution in [0.2, 0.25) is 0 Å². The van der Waals surface area contributed by atoms with E-state index in [1.807, 2.05) is 7.05 Å². The largest absolute Gasteiger partial charge is 0.345 e. The van der Waals surface area contributed by atoms with E-state index in [4.69, 9.17) is 0 Å². The molecule has 0 spiro atoms. The van der Waals surface area contributed by atoms with Gasteiger partial charge in [0.25, 0.3) is 0 Å². The molecule has 1 N–H and O–H groups in total. The molecule has 0 aromatic rings. The summed E-state index contributed by atoms with van der Waals surface area (Å²) in [6.07, 6.45) is 2.23. The molecule has 0 fully saturated rings. The first-order chi connectivity index (χ1) is 5.22. The van der Waals surface area contributed by atoms with Gasteiger partial charge < -0.3 is 10.2 Å². The molecule has 0 rings (SSSR count). The molecule has 1 amide bonds. The van der Waals surface area contributed by atoms with Crippen LogP contribution < -0.4 is 5.32 Å². The van der Waals surface area contributed by atoms with Gasteiger partial charge in [0, 0.05) is 13.6 Å². The number of nitrogens with one attached hydrogen (secondary N) is 1. The first-order valence-electron chi connectivity index (χ1n) is 4.11. The molecule has 0 heterocycles. The summed E-state index contributed by atoms with van der Waals surface area (Å²) in [5.41, 5.74) is 0. The van der Waals surface area contributed by atoms with Crippen molar-refractivity contribution < 1.29 is 4.79 Å². The summed E-state index contributed by atoms with van der Waals surface area (Å²) in [5.74, 6) is 0.168. The summed E-state index contributed by atoms with van der Waals surface area (Å²) >= 11 is 0. The second-order valence-corrected chi connectivity index (χ2v) is 2.70. The molecule has 0 aromatic heterocycles. The molecular weight excluding hydrogens is 176 g/mol. The van der Waals surface area contributed by atoms with Gasteiger partial charge in [-0.15, -0.1) is 12.4 Å². The van der Waals surface area contributed by atoms with Gasteiger partial charge in [-0.25, -0.2) is 0 Å². The van der Waals surface area contributed by atoms with E-state index in [1.165, 1.54) is 0 Å². The molecule has 0 atom stereocenters. The van der Waals surface area contributed by atoms with Gasteiger partial charge in [-0.3, -0.25) is 4.79 Å². The molecule has 4 heteroatoms. The lowest BCUT2D eigenvalue weighted by molar-refractivity contribution is -0.128. The minimum absolute atomic E-state index is 0. The van der Waals surface area contributed by atoms with E-state index in [0.717, 1.165) is 19.4 Å². The van der Waals surface area contributed by atoms with Crippen molar-refractivity contribution in [3.05, 3.63) is 0 Å². The first kappa shape index (κ1) is 14.3. The number of halogens is 1. The number of hydrogen-bond donors (Lipinski definition) is 1. The molecule has 0 aliphatic rings. The van der Waals surface area contributed by atoms with E-state index < -0.39 is 0 Å². The maximum Gasteiger partial charge on any atom is 0.236 e. The Kier molecular flexibility index (Phi) is 10.5. The predicted molar refractivity (Wildman–Crippen MR) is 53.7 cm³/mol. The average molecular weight is 195 g/mol. The van der Waals surface area contributed by atoms with Gasteiger partial charge >= 0.3 is 0 Å². The summed E-state index contributed by atoms with van der Waals surface area (Å²) in [6, 6.07) is 0. The maximum atomic E-state index is 11.1. The third kappa shape index (κ3) is 6.43. The van der Waals surface area contributed by atoms with Crippen molar-refractivity contribution in [2.75, 3.05) is 27.2 Å². The Bertz CT molecular complexity index is 120. The van der Waals surface area contributed by atoms with Crippen LogP contribution in [-0.2, 0) is 4.79 Å². The van der Waals surface area contributed by atoms with E-state index in [2.05, 4.69) is 12.2 Å². The maximum absolute atomic E-state index is 11.1. The molecule has 0 aliphatic heterocycles. The lowest BCUT2D eigenvalue weighted by Gasteiger charge is -2.15. The number of unbranched alkanes of at least 4 members (excludes halogenated alkanes) is 1. The molecule has 0 radical (unpaired) electrons. The van der Waals surface area contributed by atoms with Crippen LogP contribution >= 0.6 is 12.4 Å². The molecule has 0 aliphatic carbocycles. The zero-order chi connectivity index (χ0) is 8.69. The molecule has 0 unspecified atom stereocenters. The normalized spacial score (nSPS) is 8.92. The molecule has 0 bridgehead atoms. The van der Waals surface area contributed by atoms with Crippen LogP contribution in [0.15, 0.2) is 0 Å². The molecule has 74 valence electrons. The highest BCUT2D eigenvalue weighted by Gasteiger charge is 2.04. The molecular formula is C8H19ClN2O. The fourth-order valence-electron chi connectivity index (χ4n) is 0.806. The van der Waals surface area contributed by atoms with Gasteiger partial charge in [-0.1, -0.05) is 13.3 Å². The monoisotopic (exact) mass is 194 g/mol. The zero-order valence-electron chi connectivity index (χ0n) is 8.09. The van der Waals surface area contributed by atoms with Crippen molar-refractivity contribution >= 4 is 18.3 Å². The number of carbonyl (C=O) groups is 1. The number of hydrogen-bond acceptors (Lipinski definition) is 2. The van der Waals surface area contributed by atoms with Gasteiger partial charge in [-0.2, -0.15) is 0 Å². The third-order valence-electron chi connectivity index (χ3n) is 1.60. The van der Waals surface area contributed by atoms with E-state index in [1.54, 1.807) is 11.9 Å². The lowest BCUT2D eigenvalue weighted by Crippen LogP contribution is -2.34. The SMILES string of the molecule is CCCCN(C)C(=O)CNC.Cl. The summed E-state index contributed by atoms with van der Waals surface area (Å²) in [4.78, 5) is 12.9. The zero-order valence-corrected chi connectivity index (χ0v) is 8.91. The molecule has 0 saturated carbocycles. The standard InChI is InChI=1S/C8H18N2O.ClH/c1-4-5-6-10(3)8(11)7-9-2;/h9H,4-7H2,1-3H3;1H. The topological polar surface area (TPSA) is 32.3 Å². The average Bonchev–Trinajstić information content (AvgIpc) is 2.00. The Labute approximate surface area is 80.9 Å². The Morgan fingerprint density at radius 3 is 2.50 bits per heavy atom. The number of rotatable bonds is 5. The quantitative estimate of drug-likeness (QED) is 0.705. The minimum atomic E-state index is 0. The van der Waals surface area contributed by atoms with Crippen LogP contribution in [0.4, 0.5) is 0 Å². The summed E-state index contributed by atoms with van der Waals surface area (Å²) in [5, 5.41) is 2.83. The van der Waals surface area contributed by atoms with E-state index >= 15 is 0 Å². The fraction of sp³-hybridized carbons (Fsp3) is 0.875. The van der Waals surface area contributed by atoms with Gasteiger partial charge in [0.15, 0.2) is 0 Å². The highest BCUT2D eigenvalue weighted by atomic mass is 35.5. The Balaban J connectivity index is 0. The van der Waals surface area contributed by atoms with Crippen molar-refractivity contribution in [3.8, 4) is 0 Å². The fourth-order valence-corrected chi connectivity index (χ4v) is 0.806. The lowest BCUT2D eigenvalue weighted by atomic mass is 10.3. The van der Waals surface area contributed by atoms with Crippen LogP contribution in [0.3, 0.4) is 0 Å². The number of likely N-dealkylation sites (N-methyl/N-ethyl adjacent to an activating group) is 2.